The van der Waals surface area contributed by atoms with Gasteiger partial charge in [0.15, 0.2) is 0 Å². The fraction of sp³-hybridized carbons (Fsp3) is 0. The van der Waals surface area contributed by atoms with Gasteiger partial charge in [0.05, 0.1) is 0 Å². The van der Waals surface area contributed by atoms with E-state index in [-0.39, 0.29) is 0 Å². The molecule has 6 nitrogen and oxygen atoms in total. The van der Waals surface area contributed by atoms with Crippen LogP contribution < -0.4 is 11.5 Å². The summed E-state index contributed by atoms with van der Waals surface area (Å²) in [6.07, 6.45) is -2.67. The summed E-state index contributed by atoms with van der Waals surface area (Å²) in [4.78, 5) is 17.6. The monoisotopic (exact) mass is 276 g/mol. The number of primary amides is 2. The Morgan fingerprint density at radius 2 is 0.850 bits per heavy atom. The molecule has 6 N–H and O–H groups in total. The maximum absolute atomic E-state index is 8.78. The normalized spacial score (nSPS) is 8.20. The van der Waals surface area contributed by atoms with Crippen LogP contribution in [0.5, 0.6) is 0 Å². The highest BCUT2D eigenvalue weighted by molar-refractivity contribution is 5.63. The zero-order valence-corrected chi connectivity index (χ0v) is 10.6. The first kappa shape index (κ1) is 17.0. The van der Waals surface area contributed by atoms with E-state index >= 15 is 0 Å². The van der Waals surface area contributed by atoms with Crippen LogP contribution in [0.1, 0.15) is 0 Å². The second-order valence-corrected chi connectivity index (χ2v) is 3.41. The minimum absolute atomic E-state index is 1.28. The Balaban J connectivity index is 0.000000380. The van der Waals surface area contributed by atoms with Crippen LogP contribution in [0.4, 0.5) is 9.59 Å². The van der Waals surface area contributed by atoms with Crippen molar-refractivity contribution in [3.05, 3.63) is 60.7 Å². The third-order valence-electron chi connectivity index (χ3n) is 1.88. The van der Waals surface area contributed by atoms with Gasteiger partial charge in [-0.1, -0.05) is 60.7 Å². The van der Waals surface area contributed by atoms with E-state index in [1.807, 2.05) is 12.1 Å². The molecule has 0 aromatic heterocycles. The predicted molar refractivity (Wildman–Crippen MR) is 76.3 cm³/mol. The number of rotatable bonds is 1. The first-order valence-electron chi connectivity index (χ1n) is 5.50. The summed E-state index contributed by atoms with van der Waals surface area (Å²) in [6, 6.07) is 20.8. The van der Waals surface area contributed by atoms with Gasteiger partial charge in [-0.05, 0) is 11.1 Å². The number of nitrogens with two attached hydrogens (primary N) is 2. The van der Waals surface area contributed by atoms with E-state index in [4.69, 9.17) is 19.8 Å². The third kappa shape index (κ3) is 10.2. The number of hydrogen-bond donors (Lipinski definition) is 4. The van der Waals surface area contributed by atoms with E-state index in [9.17, 15) is 0 Å². The number of hydrogen-bond acceptors (Lipinski definition) is 2. The van der Waals surface area contributed by atoms with Crippen molar-refractivity contribution >= 4 is 12.2 Å². The van der Waals surface area contributed by atoms with Crippen LogP contribution in [0.15, 0.2) is 60.7 Å². The molecule has 106 valence electrons. The molecule has 2 aromatic carbocycles. The van der Waals surface area contributed by atoms with Crippen molar-refractivity contribution in [2.45, 2.75) is 0 Å². The molecule has 0 spiro atoms. The summed E-state index contributed by atoms with van der Waals surface area (Å²) in [5.74, 6) is 0. The molecule has 0 unspecified atom stereocenters. The number of amides is 2. The van der Waals surface area contributed by atoms with Gasteiger partial charge in [-0.25, -0.2) is 9.59 Å². The van der Waals surface area contributed by atoms with Crippen LogP contribution in [0.3, 0.4) is 0 Å². The van der Waals surface area contributed by atoms with Crippen molar-refractivity contribution in [2.24, 2.45) is 11.5 Å². The standard InChI is InChI=1S/C12H10.2CH3NO2/c1-3-7-11(8-4-1)12-9-5-2-6-10-12;2*2-1(3)4/h1-10H;2*2H2,(H,3,4). The molecule has 0 saturated carbocycles. The molecule has 6 heteroatoms. The molecular weight excluding hydrogens is 260 g/mol. The van der Waals surface area contributed by atoms with Crippen LogP contribution in [0.2, 0.25) is 0 Å². The smallest absolute Gasteiger partial charge is 0.402 e. The zero-order valence-electron chi connectivity index (χ0n) is 10.6. The van der Waals surface area contributed by atoms with Crippen LogP contribution in [0.25, 0.3) is 11.1 Å². The maximum Gasteiger partial charge on any atom is 0.402 e. The van der Waals surface area contributed by atoms with Gasteiger partial charge in [0.2, 0.25) is 0 Å². The minimum Gasteiger partial charge on any atom is -0.465 e. The maximum atomic E-state index is 8.78. The van der Waals surface area contributed by atoms with E-state index in [0.717, 1.165) is 0 Å². The topological polar surface area (TPSA) is 127 Å². The molecule has 0 saturated heterocycles. The van der Waals surface area contributed by atoms with Crippen molar-refractivity contribution in [1.29, 1.82) is 0 Å². The van der Waals surface area contributed by atoms with Gasteiger partial charge >= 0.3 is 12.2 Å². The Bertz CT molecular complexity index is 458. The summed E-state index contributed by atoms with van der Waals surface area (Å²) in [6.45, 7) is 0. The van der Waals surface area contributed by atoms with Gasteiger partial charge in [0.25, 0.3) is 0 Å². The SMILES string of the molecule is NC(=O)O.NC(=O)O.c1ccc(-c2ccccc2)cc1. The fourth-order valence-corrected chi connectivity index (χ4v) is 1.26. The minimum atomic E-state index is -1.33. The second kappa shape index (κ2) is 9.95. The van der Waals surface area contributed by atoms with Crippen molar-refractivity contribution < 1.29 is 19.8 Å². The van der Waals surface area contributed by atoms with Gasteiger partial charge < -0.3 is 21.7 Å². The molecule has 0 aliphatic heterocycles. The predicted octanol–water partition coefficient (Wildman–Crippen LogP) is 2.60. The summed E-state index contributed by atoms with van der Waals surface area (Å²) < 4.78 is 0. The van der Waals surface area contributed by atoms with E-state index in [1.165, 1.54) is 11.1 Å². The molecule has 20 heavy (non-hydrogen) atoms. The molecule has 0 radical (unpaired) electrons. The summed E-state index contributed by atoms with van der Waals surface area (Å²) in [5.41, 5.74) is 10.6. The molecular formula is C14H16N2O4. The van der Waals surface area contributed by atoms with Crippen LogP contribution in [-0.2, 0) is 0 Å². The van der Waals surface area contributed by atoms with E-state index in [0.29, 0.717) is 0 Å². The Hall–Kier alpha value is -3.02. The average Bonchev–Trinajstić information content (AvgIpc) is 2.39. The van der Waals surface area contributed by atoms with Crippen molar-refractivity contribution in [2.75, 3.05) is 0 Å². The van der Waals surface area contributed by atoms with Gasteiger partial charge in [-0.15, -0.1) is 0 Å². The van der Waals surface area contributed by atoms with Gasteiger partial charge in [0.1, 0.15) is 0 Å². The highest BCUT2D eigenvalue weighted by Gasteiger charge is 1.91. The molecule has 0 fully saturated rings. The molecule has 0 bridgehead atoms. The van der Waals surface area contributed by atoms with Crippen LogP contribution in [-0.4, -0.2) is 22.4 Å². The second-order valence-electron chi connectivity index (χ2n) is 3.41. The van der Waals surface area contributed by atoms with Crippen molar-refractivity contribution in [3.8, 4) is 11.1 Å². The molecule has 2 rings (SSSR count). The number of carboxylic acid groups (broad SMARTS) is 2. The molecule has 2 amide bonds. The highest BCUT2D eigenvalue weighted by atomic mass is 16.4. The first-order chi connectivity index (χ1) is 9.43. The van der Waals surface area contributed by atoms with E-state index in [2.05, 4.69) is 60.0 Å². The van der Waals surface area contributed by atoms with E-state index < -0.39 is 12.2 Å². The molecule has 0 aliphatic rings. The Morgan fingerprint density at radius 1 is 0.650 bits per heavy atom. The lowest BCUT2D eigenvalue weighted by Gasteiger charge is -1.98. The molecule has 0 atom stereocenters. The average molecular weight is 276 g/mol. The molecule has 2 aromatic rings. The molecule has 0 aliphatic carbocycles. The lowest BCUT2D eigenvalue weighted by Crippen LogP contribution is -2.03. The van der Waals surface area contributed by atoms with Crippen LogP contribution >= 0.6 is 0 Å². The van der Waals surface area contributed by atoms with Gasteiger partial charge in [-0.2, -0.15) is 0 Å². The summed E-state index contributed by atoms with van der Waals surface area (Å²) in [5, 5.41) is 14.4. The van der Waals surface area contributed by atoms with E-state index in [1.54, 1.807) is 0 Å². The van der Waals surface area contributed by atoms with Gasteiger partial charge in [-0.3, -0.25) is 0 Å². The largest absolute Gasteiger partial charge is 0.465 e. The third-order valence-corrected chi connectivity index (χ3v) is 1.88. The Kier molecular flexibility index (Phi) is 8.45. The van der Waals surface area contributed by atoms with Gasteiger partial charge in [0, 0.05) is 0 Å². The Labute approximate surface area is 116 Å². The number of benzene rings is 2. The Morgan fingerprint density at radius 3 is 1.05 bits per heavy atom. The van der Waals surface area contributed by atoms with Crippen LogP contribution in [0, 0.1) is 0 Å². The first-order valence-corrected chi connectivity index (χ1v) is 5.50. The quantitative estimate of drug-likeness (QED) is 0.638. The number of carbonyl (C=O) groups is 2. The zero-order chi connectivity index (χ0) is 15.4. The summed E-state index contributed by atoms with van der Waals surface area (Å²) in [7, 11) is 0. The van der Waals surface area contributed by atoms with Crippen molar-refractivity contribution in [1.82, 2.24) is 0 Å². The van der Waals surface area contributed by atoms with Crippen molar-refractivity contribution in [3.63, 3.8) is 0 Å². The highest BCUT2D eigenvalue weighted by Crippen LogP contribution is 2.17. The molecule has 0 heterocycles. The lowest BCUT2D eigenvalue weighted by atomic mass is 10.1. The lowest BCUT2D eigenvalue weighted by molar-refractivity contribution is 0.204. The summed E-state index contributed by atoms with van der Waals surface area (Å²) >= 11 is 0. The fourth-order valence-electron chi connectivity index (χ4n) is 1.26.